The van der Waals surface area contributed by atoms with Gasteiger partial charge in [0.2, 0.25) is 0 Å². The highest BCUT2D eigenvalue weighted by Crippen LogP contribution is 2.38. The Balaban J connectivity index is 0.000000316. The third-order valence-electron chi connectivity index (χ3n) is 6.41. The van der Waals surface area contributed by atoms with Crippen LogP contribution in [0.15, 0.2) is 60.7 Å². The molecule has 4 rings (SSSR count). The highest BCUT2D eigenvalue weighted by atomic mass is 35.5. The fraction of sp³-hybridized carbons (Fsp3) is 0.556. The summed E-state index contributed by atoms with van der Waals surface area (Å²) in [5, 5.41) is 7.00. The summed E-state index contributed by atoms with van der Waals surface area (Å²) in [6, 6.07) is 21.4. The van der Waals surface area contributed by atoms with Crippen molar-refractivity contribution in [2.45, 2.75) is 76.1 Å². The fourth-order valence-electron chi connectivity index (χ4n) is 3.91. The Labute approximate surface area is 209 Å². The van der Waals surface area contributed by atoms with Gasteiger partial charge in [-0.25, -0.2) is 8.93 Å². The van der Waals surface area contributed by atoms with Gasteiger partial charge in [-0.1, -0.05) is 73.5 Å². The first-order chi connectivity index (χ1) is 15.4. The maximum atomic E-state index is 12.3. The standard InChI is InChI=1S/C15H23NOS.C11H15N.CH4O.ClH/c1-15(2,3)18(17)16-14(13-10-7-11-13)12-8-5-4-6-9-12;12-11(10-7-4-8-10)9-5-2-1-3-6-9;1-2;/h4-6,8-9,13-14,16H,7,10-11H2,1-3H3;1-3,5-6,10-11H,4,7-8,12H2;2H,1H3;1H/p-1/t14-,18+;11-;;/m11../s1. The van der Waals surface area contributed by atoms with Crippen LogP contribution >= 0.6 is 0 Å². The molecule has 0 unspecified atom stereocenters. The second-order valence-corrected chi connectivity index (χ2v) is 11.7. The third kappa shape index (κ3) is 9.14. The Morgan fingerprint density at radius 1 is 0.848 bits per heavy atom. The fourth-order valence-corrected chi connectivity index (χ4v) is 4.82. The molecule has 4 nitrogen and oxygen atoms in total. The molecule has 0 radical (unpaired) electrons. The number of hydrogen-bond acceptors (Lipinski definition) is 3. The molecule has 33 heavy (non-hydrogen) atoms. The van der Waals surface area contributed by atoms with Gasteiger partial charge in [-0.15, -0.1) is 0 Å². The zero-order valence-electron chi connectivity index (χ0n) is 20.5. The van der Waals surface area contributed by atoms with Crippen LogP contribution in [0.5, 0.6) is 0 Å². The van der Waals surface area contributed by atoms with E-state index >= 15 is 0 Å². The molecular weight excluding hydrogens is 452 g/mol. The third-order valence-corrected chi connectivity index (χ3v) is 7.99. The minimum Gasteiger partial charge on any atom is -1.00 e. The summed E-state index contributed by atoms with van der Waals surface area (Å²) in [4.78, 5) is 0. The minimum atomic E-state index is -1.01. The van der Waals surface area contributed by atoms with E-state index in [2.05, 4.69) is 53.3 Å². The number of aliphatic hydroxyl groups is 1. The Kier molecular flexibility index (Phi) is 13.5. The van der Waals surface area contributed by atoms with Gasteiger partial charge in [0, 0.05) is 19.2 Å². The van der Waals surface area contributed by atoms with E-state index in [9.17, 15) is 4.21 Å². The SMILES string of the molecule is CC(C)(C)[S@](=O)N[C@H](c1ccccc1)C1CCC1.CO.N[C@H](c1ccccc1)C1CCC1.[Cl-]. The molecule has 2 aliphatic rings. The van der Waals surface area contributed by atoms with Crippen molar-refractivity contribution in [1.29, 1.82) is 0 Å². The van der Waals surface area contributed by atoms with Crippen molar-refractivity contribution in [1.82, 2.24) is 4.72 Å². The van der Waals surface area contributed by atoms with Gasteiger partial charge in [0.1, 0.15) is 0 Å². The lowest BCUT2D eigenvalue weighted by molar-refractivity contribution is -0.00000880. The van der Waals surface area contributed by atoms with Gasteiger partial charge in [0.05, 0.1) is 15.7 Å². The molecule has 2 aromatic carbocycles. The van der Waals surface area contributed by atoms with Gasteiger partial charge in [-0.3, -0.25) is 0 Å². The molecule has 2 saturated carbocycles. The van der Waals surface area contributed by atoms with E-state index in [0.29, 0.717) is 5.92 Å². The number of hydrogen-bond donors (Lipinski definition) is 3. The molecule has 186 valence electrons. The Bertz CT molecular complexity index is 791. The molecular formula is C27H42ClN2O2S-. The molecule has 0 aromatic heterocycles. The molecule has 0 bridgehead atoms. The van der Waals surface area contributed by atoms with E-state index in [0.717, 1.165) is 13.0 Å². The van der Waals surface area contributed by atoms with Gasteiger partial charge >= 0.3 is 0 Å². The van der Waals surface area contributed by atoms with E-state index in [4.69, 9.17) is 10.8 Å². The molecule has 3 atom stereocenters. The molecule has 4 N–H and O–H groups in total. The average molecular weight is 494 g/mol. The number of aliphatic hydroxyl groups excluding tert-OH is 1. The predicted octanol–water partition coefficient (Wildman–Crippen LogP) is 2.68. The summed E-state index contributed by atoms with van der Waals surface area (Å²) in [6.45, 7) is 6.04. The van der Waals surface area contributed by atoms with Gasteiger partial charge in [0.25, 0.3) is 0 Å². The van der Waals surface area contributed by atoms with Gasteiger partial charge in [-0.05, 0) is 69.4 Å². The molecule has 0 spiro atoms. The van der Waals surface area contributed by atoms with Crippen molar-refractivity contribution in [2.24, 2.45) is 17.6 Å². The molecule has 0 saturated heterocycles. The zero-order valence-corrected chi connectivity index (χ0v) is 22.1. The number of rotatable bonds is 6. The molecule has 2 fully saturated rings. The first-order valence-corrected chi connectivity index (χ1v) is 13.0. The van der Waals surface area contributed by atoms with Crippen LogP contribution in [0.4, 0.5) is 0 Å². The lowest BCUT2D eigenvalue weighted by atomic mass is 9.77. The highest BCUT2D eigenvalue weighted by Gasteiger charge is 2.32. The normalized spacial score (nSPS) is 18.5. The van der Waals surface area contributed by atoms with Gasteiger partial charge in [-0.2, -0.15) is 0 Å². The Morgan fingerprint density at radius 3 is 1.64 bits per heavy atom. The number of nitrogens with two attached hydrogens (primary N) is 1. The molecule has 0 amide bonds. The van der Waals surface area contributed by atoms with Crippen LogP contribution in [0.3, 0.4) is 0 Å². The summed E-state index contributed by atoms with van der Waals surface area (Å²) in [5.41, 5.74) is 8.66. The van der Waals surface area contributed by atoms with Crippen molar-refractivity contribution < 1.29 is 21.7 Å². The van der Waals surface area contributed by atoms with Crippen LogP contribution in [-0.2, 0) is 11.0 Å². The van der Waals surface area contributed by atoms with Crippen molar-refractivity contribution in [3.8, 4) is 0 Å². The van der Waals surface area contributed by atoms with E-state index in [-0.39, 0.29) is 29.2 Å². The van der Waals surface area contributed by atoms with E-state index in [1.165, 1.54) is 49.7 Å². The Morgan fingerprint density at radius 2 is 1.27 bits per heavy atom. The average Bonchev–Trinajstić information content (AvgIpc) is 2.73. The molecule has 0 heterocycles. The monoisotopic (exact) mass is 493 g/mol. The molecule has 6 heteroatoms. The summed E-state index contributed by atoms with van der Waals surface area (Å²) < 4.78 is 15.4. The summed E-state index contributed by atoms with van der Waals surface area (Å²) in [6.07, 6.45) is 7.79. The van der Waals surface area contributed by atoms with Crippen molar-refractivity contribution >= 4 is 11.0 Å². The summed E-state index contributed by atoms with van der Waals surface area (Å²) in [5.74, 6) is 1.38. The molecule has 2 aliphatic carbocycles. The van der Waals surface area contributed by atoms with E-state index < -0.39 is 11.0 Å². The lowest BCUT2D eigenvalue weighted by Gasteiger charge is -2.35. The van der Waals surface area contributed by atoms with Crippen LogP contribution in [0.1, 0.15) is 82.5 Å². The number of nitrogens with one attached hydrogen (secondary N) is 1. The van der Waals surface area contributed by atoms with Crippen LogP contribution in [0.2, 0.25) is 0 Å². The number of benzene rings is 2. The zero-order chi connectivity index (χ0) is 23.6. The van der Waals surface area contributed by atoms with Gasteiger partial charge in [0.15, 0.2) is 0 Å². The highest BCUT2D eigenvalue weighted by molar-refractivity contribution is 7.84. The topological polar surface area (TPSA) is 75.3 Å². The first-order valence-electron chi connectivity index (χ1n) is 11.8. The summed E-state index contributed by atoms with van der Waals surface area (Å²) >= 11 is 0. The maximum Gasteiger partial charge on any atom is 0.0976 e. The van der Waals surface area contributed by atoms with Crippen molar-refractivity contribution in [2.75, 3.05) is 7.11 Å². The molecule has 2 aromatic rings. The van der Waals surface area contributed by atoms with Crippen molar-refractivity contribution in [3.63, 3.8) is 0 Å². The first kappa shape index (κ1) is 29.8. The van der Waals surface area contributed by atoms with E-state index in [1.807, 2.05) is 32.9 Å². The van der Waals surface area contributed by atoms with Crippen LogP contribution in [0, 0.1) is 11.8 Å². The summed E-state index contributed by atoms with van der Waals surface area (Å²) in [7, 11) is -0.00618. The second kappa shape index (κ2) is 14.9. The van der Waals surface area contributed by atoms with Crippen LogP contribution < -0.4 is 22.9 Å². The van der Waals surface area contributed by atoms with Crippen LogP contribution in [0.25, 0.3) is 0 Å². The smallest absolute Gasteiger partial charge is 0.0976 e. The van der Waals surface area contributed by atoms with Crippen LogP contribution in [-0.4, -0.2) is 21.2 Å². The maximum absolute atomic E-state index is 12.3. The van der Waals surface area contributed by atoms with E-state index in [1.54, 1.807) is 0 Å². The van der Waals surface area contributed by atoms with Gasteiger partial charge < -0.3 is 23.2 Å². The lowest BCUT2D eigenvalue weighted by Crippen LogP contribution is -3.00. The Hall–Kier alpha value is -1.24. The molecule has 0 aliphatic heterocycles. The minimum absolute atomic E-state index is 0. The second-order valence-electron chi connectivity index (χ2n) is 9.71. The quantitative estimate of drug-likeness (QED) is 0.579. The van der Waals surface area contributed by atoms with Crippen molar-refractivity contribution in [3.05, 3.63) is 71.8 Å². The predicted molar refractivity (Wildman–Crippen MR) is 136 cm³/mol. The number of halogens is 1. The largest absolute Gasteiger partial charge is 1.00 e.